The molecule has 0 unspecified atom stereocenters. The summed E-state index contributed by atoms with van der Waals surface area (Å²) in [5, 5.41) is 5.33. The van der Waals surface area contributed by atoms with Crippen molar-refractivity contribution >= 4 is 17.4 Å². The van der Waals surface area contributed by atoms with Gasteiger partial charge >= 0.3 is 6.03 Å². The fourth-order valence-electron chi connectivity index (χ4n) is 3.06. The highest BCUT2D eigenvalue weighted by molar-refractivity contribution is 5.89. The lowest BCUT2D eigenvalue weighted by atomic mass is 10.2. The topological polar surface area (TPSA) is 66.5 Å². The fraction of sp³-hybridized carbons (Fsp3) is 0.368. The molecule has 26 heavy (non-hydrogen) atoms. The van der Waals surface area contributed by atoms with Crippen LogP contribution in [0.25, 0.3) is 0 Å². The molecule has 1 aromatic heterocycles. The number of benzene rings is 1. The number of morpholine rings is 1. The van der Waals surface area contributed by atoms with Crippen LogP contribution in [0.5, 0.6) is 0 Å². The van der Waals surface area contributed by atoms with Crippen LogP contribution in [0.4, 0.5) is 20.6 Å². The summed E-state index contributed by atoms with van der Waals surface area (Å²) >= 11 is 0. The lowest BCUT2D eigenvalue weighted by Gasteiger charge is -2.37. The Hall–Kier alpha value is -2.67. The van der Waals surface area contributed by atoms with Crippen LogP contribution in [0.15, 0.2) is 42.6 Å². The summed E-state index contributed by atoms with van der Waals surface area (Å²) in [4.78, 5) is 18.1. The minimum atomic E-state index is -0.406. The Morgan fingerprint density at radius 1 is 1.27 bits per heavy atom. The normalized spacial score (nSPS) is 19.9. The number of pyridine rings is 1. The van der Waals surface area contributed by atoms with E-state index in [4.69, 9.17) is 4.74 Å². The van der Waals surface area contributed by atoms with Gasteiger partial charge in [0.25, 0.3) is 0 Å². The summed E-state index contributed by atoms with van der Waals surface area (Å²) in [5.41, 5.74) is 1.67. The summed E-state index contributed by atoms with van der Waals surface area (Å²) in [5.74, 6) is -0.367. The summed E-state index contributed by atoms with van der Waals surface area (Å²) in [6, 6.07) is 9.79. The number of amides is 2. The molecule has 2 amide bonds. The molecule has 7 heteroatoms. The van der Waals surface area contributed by atoms with E-state index >= 15 is 0 Å². The van der Waals surface area contributed by atoms with Crippen molar-refractivity contribution in [1.29, 1.82) is 0 Å². The molecule has 6 nitrogen and oxygen atoms in total. The molecule has 0 radical (unpaired) electrons. The van der Waals surface area contributed by atoms with E-state index in [2.05, 4.69) is 15.6 Å². The first-order chi connectivity index (χ1) is 12.5. The molecule has 0 aliphatic carbocycles. The molecule has 138 valence electrons. The SMILES string of the molecule is C[C@@H]1CN(c2ccc(NC(=O)NCc3ccccn3)cc2F)C[C@H](C)O1. The fourth-order valence-corrected chi connectivity index (χ4v) is 3.06. The highest BCUT2D eigenvalue weighted by Crippen LogP contribution is 2.26. The van der Waals surface area contributed by atoms with Gasteiger partial charge in [0.1, 0.15) is 5.82 Å². The van der Waals surface area contributed by atoms with Crippen LogP contribution >= 0.6 is 0 Å². The number of hydrogen-bond acceptors (Lipinski definition) is 4. The van der Waals surface area contributed by atoms with Gasteiger partial charge in [-0.25, -0.2) is 9.18 Å². The molecule has 2 atom stereocenters. The van der Waals surface area contributed by atoms with Crippen molar-refractivity contribution < 1.29 is 13.9 Å². The number of aromatic nitrogens is 1. The minimum Gasteiger partial charge on any atom is -0.372 e. The van der Waals surface area contributed by atoms with Crippen LogP contribution in [0.1, 0.15) is 19.5 Å². The number of rotatable bonds is 4. The first-order valence-electron chi connectivity index (χ1n) is 8.66. The Morgan fingerprint density at radius 3 is 2.69 bits per heavy atom. The van der Waals surface area contributed by atoms with E-state index in [-0.39, 0.29) is 18.0 Å². The van der Waals surface area contributed by atoms with Gasteiger partial charge in [-0.05, 0) is 44.2 Å². The highest BCUT2D eigenvalue weighted by atomic mass is 19.1. The zero-order valence-corrected chi connectivity index (χ0v) is 14.9. The Bertz CT molecular complexity index is 746. The van der Waals surface area contributed by atoms with Crippen molar-refractivity contribution in [2.45, 2.75) is 32.6 Å². The minimum absolute atomic E-state index is 0.0494. The van der Waals surface area contributed by atoms with Crippen molar-refractivity contribution in [2.24, 2.45) is 0 Å². The van der Waals surface area contributed by atoms with Crippen molar-refractivity contribution in [3.63, 3.8) is 0 Å². The van der Waals surface area contributed by atoms with Gasteiger partial charge < -0.3 is 20.3 Å². The van der Waals surface area contributed by atoms with E-state index in [0.29, 0.717) is 31.0 Å². The molecule has 2 heterocycles. The Labute approximate surface area is 152 Å². The molecular weight excluding hydrogens is 335 g/mol. The first kappa shape index (κ1) is 18.1. The van der Waals surface area contributed by atoms with Gasteiger partial charge in [-0.15, -0.1) is 0 Å². The van der Waals surface area contributed by atoms with Crippen LogP contribution in [0.3, 0.4) is 0 Å². The third-order valence-electron chi connectivity index (χ3n) is 4.12. The van der Waals surface area contributed by atoms with Gasteiger partial charge in [-0.2, -0.15) is 0 Å². The zero-order chi connectivity index (χ0) is 18.5. The van der Waals surface area contributed by atoms with Gasteiger partial charge in [0.2, 0.25) is 0 Å². The van der Waals surface area contributed by atoms with Gasteiger partial charge in [0, 0.05) is 25.0 Å². The average Bonchev–Trinajstić information content (AvgIpc) is 2.60. The van der Waals surface area contributed by atoms with E-state index in [1.54, 1.807) is 18.3 Å². The lowest BCUT2D eigenvalue weighted by molar-refractivity contribution is -0.00539. The number of ether oxygens (including phenoxy) is 1. The van der Waals surface area contributed by atoms with Crippen LogP contribution in [-0.4, -0.2) is 36.3 Å². The average molecular weight is 358 g/mol. The van der Waals surface area contributed by atoms with Crippen molar-refractivity contribution in [1.82, 2.24) is 10.3 Å². The number of urea groups is 1. The number of anilines is 2. The maximum atomic E-state index is 14.5. The van der Waals surface area contributed by atoms with Crippen LogP contribution in [0, 0.1) is 5.82 Å². The quantitative estimate of drug-likeness (QED) is 0.881. The Kier molecular flexibility index (Phi) is 5.68. The molecule has 2 aromatic rings. The second kappa shape index (κ2) is 8.14. The van der Waals surface area contributed by atoms with E-state index in [9.17, 15) is 9.18 Å². The molecule has 1 aliphatic rings. The zero-order valence-electron chi connectivity index (χ0n) is 14.9. The number of hydrogen-bond donors (Lipinski definition) is 2. The monoisotopic (exact) mass is 358 g/mol. The van der Waals surface area contributed by atoms with Crippen LogP contribution < -0.4 is 15.5 Å². The third kappa shape index (κ3) is 4.70. The predicted molar refractivity (Wildman–Crippen MR) is 98.7 cm³/mol. The number of carbonyl (C=O) groups is 1. The molecule has 0 spiro atoms. The third-order valence-corrected chi connectivity index (χ3v) is 4.12. The van der Waals surface area contributed by atoms with E-state index in [0.717, 1.165) is 5.69 Å². The molecule has 2 N–H and O–H groups in total. The lowest BCUT2D eigenvalue weighted by Crippen LogP contribution is -2.45. The largest absolute Gasteiger partial charge is 0.372 e. The van der Waals surface area contributed by atoms with Crippen LogP contribution in [0.2, 0.25) is 0 Å². The second-order valence-corrected chi connectivity index (χ2v) is 6.46. The van der Waals surface area contributed by atoms with E-state index in [1.165, 1.54) is 6.07 Å². The molecule has 0 saturated carbocycles. The maximum absolute atomic E-state index is 14.5. The first-order valence-corrected chi connectivity index (χ1v) is 8.66. The van der Waals surface area contributed by atoms with E-state index < -0.39 is 6.03 Å². The smallest absolute Gasteiger partial charge is 0.319 e. The second-order valence-electron chi connectivity index (χ2n) is 6.46. The Balaban J connectivity index is 1.59. The molecular formula is C19H23FN4O2. The van der Waals surface area contributed by atoms with Gasteiger partial charge in [-0.3, -0.25) is 4.98 Å². The highest BCUT2D eigenvalue weighted by Gasteiger charge is 2.24. The van der Waals surface area contributed by atoms with Gasteiger partial charge in [-0.1, -0.05) is 6.07 Å². The molecule has 1 aromatic carbocycles. The number of carbonyl (C=O) groups excluding carboxylic acids is 1. The van der Waals surface area contributed by atoms with E-state index in [1.807, 2.05) is 36.9 Å². The number of halogens is 1. The standard InChI is InChI=1S/C19H23FN4O2/c1-13-11-24(12-14(2)26-13)18-7-6-15(9-17(18)20)23-19(25)22-10-16-5-3-4-8-21-16/h3-9,13-14H,10-12H2,1-2H3,(H2,22,23,25)/t13-,14+. The maximum Gasteiger partial charge on any atom is 0.319 e. The summed E-state index contributed by atoms with van der Waals surface area (Å²) < 4.78 is 20.2. The Morgan fingerprint density at radius 2 is 2.04 bits per heavy atom. The predicted octanol–water partition coefficient (Wildman–Crippen LogP) is 3.16. The number of nitrogens with zero attached hydrogens (tertiary/aromatic N) is 2. The van der Waals surface area contributed by atoms with Crippen LogP contribution in [-0.2, 0) is 11.3 Å². The van der Waals surface area contributed by atoms with Crippen molar-refractivity contribution in [3.8, 4) is 0 Å². The summed E-state index contributed by atoms with van der Waals surface area (Å²) in [6.45, 7) is 5.53. The summed E-state index contributed by atoms with van der Waals surface area (Å²) in [6.07, 6.45) is 1.76. The molecule has 1 saturated heterocycles. The van der Waals surface area contributed by atoms with Gasteiger partial charge in [0.05, 0.1) is 30.1 Å². The molecule has 1 fully saturated rings. The van der Waals surface area contributed by atoms with Crippen molar-refractivity contribution in [3.05, 3.63) is 54.1 Å². The molecule has 3 rings (SSSR count). The molecule has 1 aliphatic heterocycles. The number of nitrogens with one attached hydrogen (secondary N) is 2. The molecule has 0 bridgehead atoms. The van der Waals surface area contributed by atoms with Gasteiger partial charge in [0.15, 0.2) is 0 Å². The van der Waals surface area contributed by atoms with Crippen molar-refractivity contribution in [2.75, 3.05) is 23.3 Å². The summed E-state index contributed by atoms with van der Waals surface area (Å²) in [7, 11) is 0.